The summed E-state index contributed by atoms with van der Waals surface area (Å²) in [5.74, 6) is 0.892. The third-order valence-corrected chi connectivity index (χ3v) is 2.86. The molecule has 0 amide bonds. The van der Waals surface area contributed by atoms with E-state index in [1.165, 1.54) is 16.7 Å². The highest BCUT2D eigenvalue weighted by molar-refractivity contribution is 5.68. The van der Waals surface area contributed by atoms with Crippen molar-refractivity contribution in [1.82, 2.24) is 0 Å². The number of methoxy groups -OCH3 is 1. The molecule has 0 heterocycles. The minimum atomic E-state index is 0.892. The number of aryl methyl sites for hydroxylation is 1. The molecule has 87 valence electrons. The van der Waals surface area contributed by atoms with Crippen LogP contribution in [-0.2, 0) is 6.42 Å². The minimum Gasteiger partial charge on any atom is -0.497 e. The van der Waals surface area contributed by atoms with Crippen molar-refractivity contribution in [2.24, 2.45) is 0 Å². The highest BCUT2D eigenvalue weighted by Gasteiger charge is 2.03. The van der Waals surface area contributed by atoms with Crippen molar-refractivity contribution in [3.05, 3.63) is 61.0 Å². The van der Waals surface area contributed by atoms with E-state index >= 15 is 0 Å². The van der Waals surface area contributed by atoms with E-state index < -0.39 is 0 Å². The zero-order valence-electron chi connectivity index (χ0n) is 10.1. The molecule has 2 aromatic carbocycles. The first-order chi connectivity index (χ1) is 8.35. The van der Waals surface area contributed by atoms with Crippen LogP contribution in [-0.4, -0.2) is 7.11 Å². The van der Waals surface area contributed by atoms with Crippen LogP contribution >= 0.6 is 0 Å². The van der Waals surface area contributed by atoms with E-state index in [-0.39, 0.29) is 0 Å². The highest BCUT2D eigenvalue weighted by atomic mass is 16.5. The van der Waals surface area contributed by atoms with E-state index in [0.29, 0.717) is 0 Å². The van der Waals surface area contributed by atoms with Gasteiger partial charge in [-0.15, -0.1) is 0 Å². The van der Waals surface area contributed by atoms with Crippen LogP contribution in [0, 0.1) is 6.92 Å². The molecule has 0 N–H and O–H groups in total. The van der Waals surface area contributed by atoms with Gasteiger partial charge < -0.3 is 4.74 Å². The molecule has 2 rings (SSSR count). The van der Waals surface area contributed by atoms with E-state index in [0.717, 1.165) is 18.6 Å². The molecule has 0 bridgehead atoms. The van der Waals surface area contributed by atoms with Gasteiger partial charge >= 0.3 is 0 Å². The van der Waals surface area contributed by atoms with Crippen molar-refractivity contribution in [1.29, 1.82) is 0 Å². The number of benzene rings is 2. The second-order valence-corrected chi connectivity index (χ2v) is 3.99. The Hall–Kier alpha value is -1.76. The zero-order valence-corrected chi connectivity index (χ0v) is 10.1. The summed E-state index contributed by atoms with van der Waals surface area (Å²) in [5, 5.41) is 0. The van der Waals surface area contributed by atoms with Crippen molar-refractivity contribution < 1.29 is 4.74 Å². The van der Waals surface area contributed by atoms with Crippen LogP contribution in [0.25, 0.3) is 11.1 Å². The summed E-state index contributed by atoms with van der Waals surface area (Å²) in [6.07, 6.45) is 1.94. The summed E-state index contributed by atoms with van der Waals surface area (Å²) in [6, 6.07) is 16.7. The first-order valence-electron chi connectivity index (χ1n) is 5.86. The second kappa shape index (κ2) is 5.53. The van der Waals surface area contributed by atoms with Gasteiger partial charge in [0.25, 0.3) is 0 Å². The quantitative estimate of drug-likeness (QED) is 0.760. The lowest BCUT2D eigenvalue weighted by atomic mass is 9.97. The van der Waals surface area contributed by atoms with Gasteiger partial charge in [0.15, 0.2) is 0 Å². The fourth-order valence-corrected chi connectivity index (χ4v) is 1.98. The van der Waals surface area contributed by atoms with Crippen LogP contribution in [0.15, 0.2) is 48.5 Å². The van der Waals surface area contributed by atoms with E-state index in [1.54, 1.807) is 7.11 Å². The summed E-state index contributed by atoms with van der Waals surface area (Å²) >= 11 is 0. The van der Waals surface area contributed by atoms with E-state index in [9.17, 15) is 0 Å². The maximum Gasteiger partial charge on any atom is 0.118 e. The normalized spacial score (nSPS) is 10.2. The van der Waals surface area contributed by atoms with Gasteiger partial charge in [0, 0.05) is 0 Å². The number of hydrogen-bond donors (Lipinski definition) is 0. The summed E-state index contributed by atoms with van der Waals surface area (Å²) in [7, 11) is 1.69. The molecule has 0 fully saturated rings. The van der Waals surface area contributed by atoms with Crippen LogP contribution in [0.5, 0.6) is 5.75 Å². The monoisotopic (exact) mass is 225 g/mol. The van der Waals surface area contributed by atoms with Gasteiger partial charge in [0.2, 0.25) is 0 Å². The lowest BCUT2D eigenvalue weighted by Crippen LogP contribution is -1.89. The number of ether oxygens (including phenoxy) is 1. The molecular formula is C16H17O. The van der Waals surface area contributed by atoms with Gasteiger partial charge in [0.1, 0.15) is 5.75 Å². The second-order valence-electron chi connectivity index (χ2n) is 3.99. The van der Waals surface area contributed by atoms with Crippen molar-refractivity contribution in [2.45, 2.75) is 12.8 Å². The van der Waals surface area contributed by atoms with Gasteiger partial charge in [-0.25, -0.2) is 0 Å². The zero-order chi connectivity index (χ0) is 12.1. The molecule has 0 aliphatic heterocycles. The molecule has 0 atom stereocenters. The molecule has 1 radical (unpaired) electrons. The van der Waals surface area contributed by atoms with Crippen molar-refractivity contribution in [2.75, 3.05) is 7.11 Å². The van der Waals surface area contributed by atoms with E-state index in [2.05, 4.69) is 43.3 Å². The fourth-order valence-electron chi connectivity index (χ4n) is 1.98. The fraction of sp³-hybridized carbons (Fsp3) is 0.188. The SMILES string of the molecule is [CH2]CCc1ccccc1-c1ccc(OC)cc1. The maximum atomic E-state index is 5.17. The van der Waals surface area contributed by atoms with Crippen LogP contribution in [0.2, 0.25) is 0 Å². The average molecular weight is 225 g/mol. The largest absolute Gasteiger partial charge is 0.497 e. The number of rotatable bonds is 4. The molecule has 0 unspecified atom stereocenters. The molecule has 0 saturated heterocycles. The van der Waals surface area contributed by atoms with Crippen LogP contribution < -0.4 is 4.74 Å². The molecule has 1 nitrogen and oxygen atoms in total. The Bertz CT molecular complexity index is 471. The molecule has 1 heteroatoms. The minimum absolute atomic E-state index is 0.892. The smallest absolute Gasteiger partial charge is 0.118 e. The number of hydrogen-bond acceptors (Lipinski definition) is 1. The molecule has 17 heavy (non-hydrogen) atoms. The Balaban J connectivity index is 2.37. The maximum absolute atomic E-state index is 5.17. The average Bonchev–Trinajstić information content (AvgIpc) is 2.40. The lowest BCUT2D eigenvalue weighted by molar-refractivity contribution is 0.415. The molecule has 0 aliphatic rings. The first kappa shape index (κ1) is 11.7. The van der Waals surface area contributed by atoms with E-state index in [4.69, 9.17) is 4.74 Å². The van der Waals surface area contributed by atoms with Gasteiger partial charge in [-0.2, -0.15) is 0 Å². The van der Waals surface area contributed by atoms with E-state index in [1.807, 2.05) is 12.1 Å². The Labute approximate surface area is 103 Å². The third kappa shape index (κ3) is 2.68. The summed E-state index contributed by atoms with van der Waals surface area (Å²) < 4.78 is 5.17. The Kier molecular flexibility index (Phi) is 3.81. The lowest BCUT2D eigenvalue weighted by Gasteiger charge is -2.09. The third-order valence-electron chi connectivity index (χ3n) is 2.86. The predicted octanol–water partition coefficient (Wildman–Crippen LogP) is 4.13. The molecule has 0 aliphatic carbocycles. The van der Waals surface area contributed by atoms with Crippen molar-refractivity contribution in [3.63, 3.8) is 0 Å². The molecule has 0 aromatic heterocycles. The Morgan fingerprint density at radius 3 is 2.35 bits per heavy atom. The summed E-state index contributed by atoms with van der Waals surface area (Å²) in [4.78, 5) is 0. The van der Waals surface area contributed by atoms with Crippen LogP contribution in [0.1, 0.15) is 12.0 Å². The Morgan fingerprint density at radius 1 is 1.00 bits per heavy atom. The van der Waals surface area contributed by atoms with Crippen molar-refractivity contribution >= 4 is 0 Å². The highest BCUT2D eigenvalue weighted by Crippen LogP contribution is 2.26. The van der Waals surface area contributed by atoms with Crippen LogP contribution in [0.4, 0.5) is 0 Å². The van der Waals surface area contributed by atoms with Gasteiger partial charge in [-0.3, -0.25) is 0 Å². The molecule has 0 spiro atoms. The molecule has 2 aromatic rings. The van der Waals surface area contributed by atoms with Crippen molar-refractivity contribution in [3.8, 4) is 16.9 Å². The topological polar surface area (TPSA) is 9.23 Å². The van der Waals surface area contributed by atoms with Gasteiger partial charge in [-0.05, 0) is 41.7 Å². The molecular weight excluding hydrogens is 208 g/mol. The molecule has 0 saturated carbocycles. The van der Waals surface area contributed by atoms with Gasteiger partial charge in [-0.1, -0.05) is 43.3 Å². The summed E-state index contributed by atoms with van der Waals surface area (Å²) in [6.45, 7) is 3.92. The standard InChI is InChI=1S/C16H17O/c1-3-6-13-7-4-5-8-16(13)14-9-11-15(17-2)12-10-14/h4-5,7-12H,1,3,6H2,2H3. The van der Waals surface area contributed by atoms with Crippen LogP contribution in [0.3, 0.4) is 0 Å². The first-order valence-corrected chi connectivity index (χ1v) is 5.86. The predicted molar refractivity (Wildman–Crippen MR) is 72.1 cm³/mol. The Morgan fingerprint density at radius 2 is 1.71 bits per heavy atom. The van der Waals surface area contributed by atoms with Gasteiger partial charge in [0.05, 0.1) is 7.11 Å². The summed E-state index contributed by atoms with van der Waals surface area (Å²) in [5.41, 5.74) is 3.88.